The van der Waals surface area contributed by atoms with Crippen molar-refractivity contribution >= 4 is 70.0 Å². The Hall–Kier alpha value is -8.31. The third kappa shape index (κ3) is 18.1. The molecule has 1 saturated heterocycles. The van der Waals surface area contributed by atoms with Crippen molar-refractivity contribution in [1.29, 1.82) is 5.41 Å². The van der Waals surface area contributed by atoms with Crippen LogP contribution in [0.4, 0.5) is 0 Å². The highest BCUT2D eigenvalue weighted by Gasteiger charge is 2.35. The van der Waals surface area contributed by atoms with Crippen LogP contribution in [0, 0.1) is 5.41 Å². The fourth-order valence-electron chi connectivity index (χ4n) is 8.42. The number of nitrogens with two attached hydrogens (primary N) is 2. The number of imidazole rings is 1. The molecule has 4 aromatic rings. The second-order valence-electron chi connectivity index (χ2n) is 18.2. The Kier molecular flexibility index (Phi) is 21.9. The molecule has 16 N–H and O–H groups in total. The van der Waals surface area contributed by atoms with E-state index in [1.165, 1.54) is 19.4 Å². The lowest BCUT2D eigenvalue weighted by atomic mass is 10.0. The summed E-state index contributed by atoms with van der Waals surface area (Å²) in [5, 5.41) is 32.8. The Morgan fingerprint density at radius 2 is 1.42 bits per heavy atom. The van der Waals surface area contributed by atoms with Gasteiger partial charge in [-0.2, -0.15) is 0 Å². The van der Waals surface area contributed by atoms with Crippen LogP contribution in [0.2, 0.25) is 0 Å². The first kappa shape index (κ1) is 56.6. The Bertz CT molecular complexity index is 2570. The summed E-state index contributed by atoms with van der Waals surface area (Å²) in [5.74, 6) is -6.97. The monoisotopic (exact) mass is 1020 g/mol. The van der Waals surface area contributed by atoms with Crippen molar-refractivity contribution in [3.8, 4) is 0 Å². The van der Waals surface area contributed by atoms with Gasteiger partial charge in [0.2, 0.25) is 53.2 Å². The zero-order chi connectivity index (χ0) is 53.6. The number of carbonyl (C=O) groups excluding carboxylic acids is 9. The number of H-pyrrole nitrogens is 2. The van der Waals surface area contributed by atoms with Gasteiger partial charge in [0.1, 0.15) is 42.3 Å². The molecular formula is C50H69N15O9. The van der Waals surface area contributed by atoms with Crippen LogP contribution in [0.25, 0.3) is 10.9 Å². The molecule has 0 unspecified atom stereocenters. The van der Waals surface area contributed by atoms with Gasteiger partial charge in [-0.3, -0.25) is 48.6 Å². The van der Waals surface area contributed by atoms with Crippen LogP contribution in [0.1, 0.15) is 88.5 Å². The van der Waals surface area contributed by atoms with Gasteiger partial charge in [0, 0.05) is 69.0 Å². The molecule has 1 aliphatic heterocycles. The number of carbonyl (C=O) groups is 9. The summed E-state index contributed by atoms with van der Waals surface area (Å²) in [4.78, 5) is 135. The lowest BCUT2D eigenvalue weighted by molar-refractivity contribution is -0.135. The standard InChI is InChI=1S/C50H69N15O9/c1-3-4-15-36(59-29(2)66)44(69)61-37-17-10-21-55-42(67)20-19-35(43(51)68)60-48(73)40(24-31-26-57-34-16-9-8-14-33(31)34)64-45(70)38(18-11-22-56-50(52)53)62-47(72)39(23-30-12-6-5-7-13-30)63-49(74)41(65-46(37)71)25-32-27-54-28-58-32/h5-9,12-14,16,26-28,35-41,57H,3-4,10-11,15,17-25H2,1-2H3,(H2,51,68)(H,54,58)(H,55,67)(H,59,66)(H,60,73)(H,61,69)(H,62,72)(H,63,74)(H,64,70)(H,65,71)(H4,52,53,56)/t35-,36-,37-,38-,39+,40-,41-/m0/s1. The molecule has 9 amide bonds. The van der Waals surface area contributed by atoms with Crippen LogP contribution in [0.3, 0.4) is 0 Å². The highest BCUT2D eigenvalue weighted by Crippen LogP contribution is 2.20. The number of hydrogen-bond donors (Lipinski definition) is 14. The van der Waals surface area contributed by atoms with Gasteiger partial charge in [-0.1, -0.05) is 68.3 Å². The molecule has 0 aliphatic carbocycles. The van der Waals surface area contributed by atoms with Gasteiger partial charge in [0.05, 0.1) is 12.0 Å². The highest BCUT2D eigenvalue weighted by atomic mass is 16.2. The van der Waals surface area contributed by atoms with E-state index in [0.29, 0.717) is 29.7 Å². The molecule has 1 fully saturated rings. The quantitative estimate of drug-likeness (QED) is 0.0343. The van der Waals surface area contributed by atoms with E-state index in [1.54, 1.807) is 42.6 Å². The summed E-state index contributed by atoms with van der Waals surface area (Å²) in [6.07, 6.45) is 5.47. The van der Waals surface area contributed by atoms with Gasteiger partial charge in [-0.05, 0) is 55.7 Å². The van der Waals surface area contributed by atoms with E-state index in [0.717, 1.165) is 10.9 Å². The summed E-state index contributed by atoms with van der Waals surface area (Å²) in [5.41, 5.74) is 13.7. The molecule has 2 aromatic carbocycles. The lowest BCUT2D eigenvalue weighted by Gasteiger charge is -2.28. The minimum atomic E-state index is -1.40. The largest absolute Gasteiger partial charge is 0.370 e. The average molecular weight is 1020 g/mol. The number of fused-ring (bicyclic) bond motifs is 1. The number of aromatic nitrogens is 3. The smallest absolute Gasteiger partial charge is 0.243 e. The molecule has 24 nitrogen and oxygen atoms in total. The van der Waals surface area contributed by atoms with Gasteiger partial charge in [-0.25, -0.2) is 4.98 Å². The molecule has 5 rings (SSSR count). The van der Waals surface area contributed by atoms with Crippen molar-refractivity contribution in [1.82, 2.24) is 62.8 Å². The Morgan fingerprint density at radius 3 is 2.09 bits per heavy atom. The minimum absolute atomic E-state index is 0.00475. The maximum atomic E-state index is 14.7. The first-order chi connectivity index (χ1) is 35.5. The van der Waals surface area contributed by atoms with Gasteiger partial charge in [-0.15, -0.1) is 0 Å². The molecule has 0 bridgehead atoms. The van der Waals surface area contributed by atoms with Crippen LogP contribution in [0.15, 0.2) is 73.3 Å². The number of rotatable bonds is 17. The molecular weight excluding hydrogens is 955 g/mol. The van der Waals surface area contributed by atoms with Gasteiger partial charge >= 0.3 is 0 Å². The first-order valence-corrected chi connectivity index (χ1v) is 24.8. The molecule has 0 spiro atoms. The van der Waals surface area contributed by atoms with Gasteiger partial charge < -0.3 is 69.3 Å². The van der Waals surface area contributed by atoms with E-state index in [1.807, 2.05) is 25.1 Å². The Balaban J connectivity index is 1.55. The third-order valence-electron chi connectivity index (χ3n) is 12.4. The maximum absolute atomic E-state index is 14.7. The summed E-state index contributed by atoms with van der Waals surface area (Å²) < 4.78 is 0. The molecule has 0 saturated carbocycles. The van der Waals surface area contributed by atoms with Crippen molar-refractivity contribution in [3.63, 3.8) is 0 Å². The number of para-hydroxylation sites is 1. The summed E-state index contributed by atoms with van der Waals surface area (Å²) in [7, 11) is 0. The Morgan fingerprint density at radius 1 is 0.770 bits per heavy atom. The molecule has 3 heterocycles. The highest BCUT2D eigenvalue weighted by molar-refractivity contribution is 5.98. The average Bonchev–Trinajstić information content (AvgIpc) is 4.04. The van der Waals surface area contributed by atoms with E-state index in [4.69, 9.17) is 16.9 Å². The normalized spacial score (nSPS) is 21.3. The summed E-state index contributed by atoms with van der Waals surface area (Å²) in [6.45, 7) is 3.30. The van der Waals surface area contributed by atoms with Crippen molar-refractivity contribution in [2.45, 2.75) is 133 Å². The number of aromatic amines is 2. The number of guanidine groups is 1. The molecule has 7 atom stereocenters. The van der Waals surface area contributed by atoms with Crippen LogP contribution in [-0.2, 0) is 62.4 Å². The lowest BCUT2D eigenvalue weighted by Crippen LogP contribution is -2.60. The molecule has 24 heteroatoms. The van der Waals surface area contributed by atoms with E-state index < -0.39 is 95.5 Å². The molecule has 74 heavy (non-hydrogen) atoms. The SMILES string of the molecule is CCCC[C@H](NC(C)=O)C(=O)N[C@H]1CCCNC(=O)CC[C@@H](C(N)=O)NC(=O)[C@H](Cc2c[nH]c3ccccc23)NC(=O)[C@H](CCCNC(=N)N)NC(=O)[C@@H](Cc2ccccc2)NC(=O)[C@H](Cc2c[nH]cn2)NC1=O. The van der Waals surface area contributed by atoms with Crippen LogP contribution >= 0.6 is 0 Å². The number of nitrogens with zero attached hydrogens (tertiary/aromatic N) is 1. The van der Waals surface area contributed by atoms with E-state index in [2.05, 4.69) is 62.8 Å². The molecule has 0 radical (unpaired) electrons. The van der Waals surface area contributed by atoms with Gasteiger partial charge in [0.25, 0.3) is 0 Å². The number of benzene rings is 2. The van der Waals surface area contributed by atoms with Crippen LogP contribution in [-0.4, -0.2) is 129 Å². The molecule has 1 aliphatic rings. The van der Waals surface area contributed by atoms with Crippen molar-refractivity contribution in [2.24, 2.45) is 11.5 Å². The van der Waals surface area contributed by atoms with E-state index in [-0.39, 0.29) is 83.3 Å². The number of hydrogen-bond acceptors (Lipinski definition) is 11. The predicted octanol–water partition coefficient (Wildman–Crippen LogP) is -1.04. The van der Waals surface area contributed by atoms with Crippen molar-refractivity contribution < 1.29 is 43.2 Å². The fourth-order valence-corrected chi connectivity index (χ4v) is 8.42. The number of amides is 9. The second kappa shape index (κ2) is 28.7. The van der Waals surface area contributed by atoms with E-state index >= 15 is 0 Å². The topological polar surface area (TPSA) is 382 Å². The number of primary amides is 1. The second-order valence-corrected chi connectivity index (χ2v) is 18.2. The predicted molar refractivity (Wildman–Crippen MR) is 273 cm³/mol. The zero-order valence-electron chi connectivity index (χ0n) is 41.6. The summed E-state index contributed by atoms with van der Waals surface area (Å²) in [6, 6.07) is 6.84. The molecule has 398 valence electrons. The van der Waals surface area contributed by atoms with E-state index in [9.17, 15) is 43.2 Å². The van der Waals surface area contributed by atoms with Crippen molar-refractivity contribution in [3.05, 3.63) is 90.1 Å². The number of nitrogens with one attached hydrogen (secondary N) is 12. The van der Waals surface area contributed by atoms with Crippen molar-refractivity contribution in [2.75, 3.05) is 13.1 Å². The third-order valence-corrected chi connectivity index (χ3v) is 12.4. The Labute approximate surface area is 428 Å². The maximum Gasteiger partial charge on any atom is 0.243 e. The number of unbranched alkanes of at least 4 members (excludes halogenated alkanes) is 1. The fraction of sp³-hybridized carbons (Fsp3) is 0.460. The van der Waals surface area contributed by atoms with Gasteiger partial charge in [0.15, 0.2) is 5.96 Å². The van der Waals surface area contributed by atoms with Crippen LogP contribution < -0.4 is 59.3 Å². The zero-order valence-corrected chi connectivity index (χ0v) is 41.6. The minimum Gasteiger partial charge on any atom is -0.370 e. The summed E-state index contributed by atoms with van der Waals surface area (Å²) >= 11 is 0. The van der Waals surface area contributed by atoms with Crippen LogP contribution in [0.5, 0.6) is 0 Å². The molecule has 2 aromatic heterocycles. The first-order valence-electron chi connectivity index (χ1n) is 24.8.